The molecular weight excluding hydrogens is 477 g/mol. The highest BCUT2D eigenvalue weighted by molar-refractivity contribution is 14.0. The van der Waals surface area contributed by atoms with E-state index in [0.717, 1.165) is 43.9 Å². The third kappa shape index (κ3) is 5.01. The fraction of sp³-hybridized carbons (Fsp3) is 0.696. The summed E-state index contributed by atoms with van der Waals surface area (Å²) in [5, 5.41) is 16.8. The first kappa shape index (κ1) is 22.7. The normalized spacial score (nSPS) is 24.5. The van der Waals surface area contributed by atoms with Gasteiger partial charge in [0.05, 0.1) is 6.04 Å². The molecule has 1 heterocycles. The highest BCUT2D eigenvalue weighted by Gasteiger charge is 2.43. The molecule has 0 radical (unpaired) electrons. The Balaban J connectivity index is 0.00000240. The highest BCUT2D eigenvalue weighted by Crippen LogP contribution is 2.47. The molecule has 2 fully saturated rings. The third-order valence-corrected chi connectivity index (χ3v) is 7.18. The molecule has 1 atom stereocenters. The molecule has 162 valence electrons. The van der Waals surface area contributed by atoms with E-state index in [4.69, 9.17) is 4.74 Å². The number of para-hydroxylation sites is 1. The molecule has 5 nitrogen and oxygen atoms in total. The lowest BCUT2D eigenvalue weighted by Gasteiger charge is -2.41. The summed E-state index contributed by atoms with van der Waals surface area (Å²) in [5.74, 6) is 1.88. The summed E-state index contributed by atoms with van der Waals surface area (Å²) in [6, 6.07) is 8.65. The first-order valence-corrected chi connectivity index (χ1v) is 11.0. The molecule has 0 bridgehead atoms. The molecule has 1 aromatic rings. The zero-order chi connectivity index (χ0) is 19.5. The van der Waals surface area contributed by atoms with E-state index >= 15 is 0 Å². The van der Waals surface area contributed by atoms with Gasteiger partial charge in [-0.05, 0) is 56.4 Å². The fourth-order valence-electron chi connectivity index (χ4n) is 5.58. The molecule has 3 aliphatic rings. The SMILES string of the molecule is CN=C(NCC1(CCO)CCCC1)NC1CC2(CCCC2)Oc2ccccc21.I. The van der Waals surface area contributed by atoms with Crippen molar-refractivity contribution in [2.75, 3.05) is 20.2 Å². The van der Waals surface area contributed by atoms with Gasteiger partial charge in [0.1, 0.15) is 11.4 Å². The molecule has 0 aromatic heterocycles. The van der Waals surface area contributed by atoms with Crippen molar-refractivity contribution in [3.8, 4) is 5.75 Å². The van der Waals surface area contributed by atoms with E-state index in [0.29, 0.717) is 0 Å². The Bertz CT molecular complexity index is 697. The van der Waals surface area contributed by atoms with E-state index in [2.05, 4.69) is 39.9 Å². The number of guanidine groups is 1. The maximum absolute atomic E-state index is 9.51. The van der Waals surface area contributed by atoms with Crippen LogP contribution in [-0.4, -0.2) is 36.9 Å². The zero-order valence-electron chi connectivity index (χ0n) is 17.6. The molecule has 1 unspecified atom stereocenters. The van der Waals surface area contributed by atoms with Gasteiger partial charge in [0.15, 0.2) is 5.96 Å². The van der Waals surface area contributed by atoms with Crippen LogP contribution in [0.1, 0.15) is 75.8 Å². The van der Waals surface area contributed by atoms with Crippen LogP contribution in [0.2, 0.25) is 0 Å². The predicted octanol–water partition coefficient (Wildman–Crippen LogP) is 4.55. The number of rotatable bonds is 5. The van der Waals surface area contributed by atoms with E-state index < -0.39 is 0 Å². The summed E-state index contributed by atoms with van der Waals surface area (Å²) in [7, 11) is 1.85. The largest absolute Gasteiger partial charge is 0.487 e. The minimum absolute atomic E-state index is 0. The van der Waals surface area contributed by atoms with Gasteiger partial charge in [0.2, 0.25) is 0 Å². The standard InChI is InChI=1S/C23H35N3O2.HI/c1-24-21(25-17-22(14-15-27)10-4-5-11-22)26-19-16-23(12-6-7-13-23)28-20-9-3-2-8-18(19)20;/h2-3,8-9,19,27H,4-7,10-17H2,1H3,(H2,24,25,26);1H. The number of fused-ring (bicyclic) bond motifs is 1. The van der Waals surface area contributed by atoms with E-state index in [9.17, 15) is 5.11 Å². The Kier molecular flexibility index (Phi) is 7.70. The van der Waals surface area contributed by atoms with E-state index in [1.165, 1.54) is 44.1 Å². The van der Waals surface area contributed by atoms with Crippen molar-refractivity contribution in [1.82, 2.24) is 10.6 Å². The number of aliphatic imine (C=N–C) groups is 1. The van der Waals surface area contributed by atoms with Crippen molar-refractivity contribution < 1.29 is 9.84 Å². The second-order valence-corrected chi connectivity index (χ2v) is 9.04. The van der Waals surface area contributed by atoms with Crippen molar-refractivity contribution in [3.05, 3.63) is 29.8 Å². The Morgan fingerprint density at radius 2 is 1.83 bits per heavy atom. The van der Waals surface area contributed by atoms with Crippen molar-refractivity contribution in [3.63, 3.8) is 0 Å². The molecule has 0 amide bonds. The molecule has 4 rings (SSSR count). The first-order valence-electron chi connectivity index (χ1n) is 11.0. The van der Waals surface area contributed by atoms with Crippen LogP contribution in [0.5, 0.6) is 5.75 Å². The Hall–Kier alpha value is -1.02. The molecule has 0 saturated heterocycles. The minimum Gasteiger partial charge on any atom is -0.487 e. The van der Waals surface area contributed by atoms with Crippen LogP contribution in [0.3, 0.4) is 0 Å². The summed E-state index contributed by atoms with van der Waals surface area (Å²) < 4.78 is 6.49. The summed E-state index contributed by atoms with van der Waals surface area (Å²) in [6.07, 6.45) is 11.6. The molecule has 6 heteroatoms. The number of aliphatic hydroxyl groups is 1. The lowest BCUT2D eigenvalue weighted by atomic mass is 9.83. The third-order valence-electron chi connectivity index (χ3n) is 7.18. The molecule has 2 saturated carbocycles. The molecule has 3 N–H and O–H groups in total. The van der Waals surface area contributed by atoms with Crippen LogP contribution < -0.4 is 15.4 Å². The van der Waals surface area contributed by atoms with Crippen molar-refractivity contribution in [2.24, 2.45) is 10.4 Å². The van der Waals surface area contributed by atoms with Gasteiger partial charge in [-0.25, -0.2) is 0 Å². The molecule has 1 aliphatic heterocycles. The maximum atomic E-state index is 9.51. The fourth-order valence-corrected chi connectivity index (χ4v) is 5.58. The Labute approximate surface area is 192 Å². The number of ether oxygens (including phenoxy) is 1. The van der Waals surface area contributed by atoms with Crippen LogP contribution >= 0.6 is 24.0 Å². The average molecular weight is 513 g/mol. The van der Waals surface area contributed by atoms with Crippen molar-refractivity contribution in [2.45, 2.75) is 75.9 Å². The van der Waals surface area contributed by atoms with Gasteiger partial charge < -0.3 is 20.5 Å². The number of hydrogen-bond donors (Lipinski definition) is 3. The highest BCUT2D eigenvalue weighted by atomic mass is 127. The first-order chi connectivity index (χ1) is 13.7. The molecular formula is C23H36IN3O2. The van der Waals surface area contributed by atoms with Crippen LogP contribution in [0.15, 0.2) is 29.3 Å². The van der Waals surface area contributed by atoms with Crippen LogP contribution in [0.4, 0.5) is 0 Å². The summed E-state index contributed by atoms with van der Waals surface area (Å²) in [5.41, 5.74) is 1.43. The van der Waals surface area contributed by atoms with Crippen LogP contribution in [0, 0.1) is 5.41 Å². The number of nitrogens with zero attached hydrogens (tertiary/aromatic N) is 1. The van der Waals surface area contributed by atoms with Gasteiger partial charge in [-0.1, -0.05) is 31.0 Å². The predicted molar refractivity (Wildman–Crippen MR) is 128 cm³/mol. The smallest absolute Gasteiger partial charge is 0.191 e. The molecule has 1 spiro atoms. The monoisotopic (exact) mass is 513 g/mol. The number of halogens is 1. The van der Waals surface area contributed by atoms with Gasteiger partial charge in [-0.15, -0.1) is 24.0 Å². The van der Waals surface area contributed by atoms with Crippen LogP contribution in [0.25, 0.3) is 0 Å². The number of hydrogen-bond acceptors (Lipinski definition) is 3. The number of nitrogens with one attached hydrogen (secondary N) is 2. The quantitative estimate of drug-likeness (QED) is 0.307. The summed E-state index contributed by atoms with van der Waals surface area (Å²) in [6.45, 7) is 1.15. The molecule has 1 aromatic carbocycles. The van der Waals surface area contributed by atoms with Crippen LogP contribution in [-0.2, 0) is 0 Å². The lowest BCUT2D eigenvalue weighted by molar-refractivity contribution is 0.0395. The van der Waals surface area contributed by atoms with E-state index in [-0.39, 0.29) is 47.6 Å². The van der Waals surface area contributed by atoms with E-state index in [1.54, 1.807) is 0 Å². The van der Waals surface area contributed by atoms with E-state index in [1.807, 2.05) is 7.05 Å². The van der Waals surface area contributed by atoms with Crippen molar-refractivity contribution in [1.29, 1.82) is 0 Å². The van der Waals surface area contributed by atoms with Gasteiger partial charge in [-0.3, -0.25) is 4.99 Å². The average Bonchev–Trinajstić information content (AvgIpc) is 3.35. The molecule has 29 heavy (non-hydrogen) atoms. The number of benzene rings is 1. The Morgan fingerprint density at radius 3 is 2.52 bits per heavy atom. The minimum atomic E-state index is -0.0194. The number of aliphatic hydroxyl groups excluding tert-OH is 1. The van der Waals surface area contributed by atoms with Crippen molar-refractivity contribution >= 4 is 29.9 Å². The lowest BCUT2D eigenvalue weighted by Crippen LogP contribution is -2.48. The Morgan fingerprint density at radius 1 is 1.14 bits per heavy atom. The second-order valence-electron chi connectivity index (χ2n) is 9.04. The van der Waals surface area contributed by atoms with Gasteiger partial charge in [0.25, 0.3) is 0 Å². The summed E-state index contributed by atoms with van der Waals surface area (Å²) in [4.78, 5) is 4.51. The van der Waals surface area contributed by atoms with Gasteiger partial charge >= 0.3 is 0 Å². The topological polar surface area (TPSA) is 65.9 Å². The van der Waals surface area contributed by atoms with Gasteiger partial charge in [0, 0.05) is 32.2 Å². The second kappa shape index (κ2) is 9.86. The maximum Gasteiger partial charge on any atom is 0.191 e. The molecule has 2 aliphatic carbocycles. The van der Waals surface area contributed by atoms with Gasteiger partial charge in [-0.2, -0.15) is 0 Å². The zero-order valence-corrected chi connectivity index (χ0v) is 19.9. The summed E-state index contributed by atoms with van der Waals surface area (Å²) >= 11 is 0.